The van der Waals surface area contributed by atoms with Gasteiger partial charge in [-0.1, -0.05) is 0 Å². The molecule has 0 saturated heterocycles. The molecule has 3 N–H and O–H groups in total. The van der Waals surface area contributed by atoms with Crippen LogP contribution in [0.15, 0.2) is 24.3 Å². The Morgan fingerprint density at radius 1 is 1.25 bits per heavy atom. The van der Waals surface area contributed by atoms with Gasteiger partial charge in [0.25, 0.3) is 0 Å². The van der Waals surface area contributed by atoms with Gasteiger partial charge in [0.15, 0.2) is 11.6 Å². The minimum Gasteiger partial charge on any atom is -0.476 e. The molecule has 0 atom stereocenters. The van der Waals surface area contributed by atoms with E-state index in [2.05, 4.69) is 10.3 Å². The number of ether oxygens (including phenoxy) is 1. The summed E-state index contributed by atoms with van der Waals surface area (Å²) in [5, 5.41) is 2.48. The third-order valence-corrected chi connectivity index (χ3v) is 2.43. The number of hydrogen-bond donors (Lipinski definition) is 2. The van der Waals surface area contributed by atoms with Crippen LogP contribution in [0.3, 0.4) is 0 Å². The van der Waals surface area contributed by atoms with Crippen LogP contribution < -0.4 is 15.8 Å². The predicted octanol–water partition coefficient (Wildman–Crippen LogP) is 3.22. The first-order valence-electron chi connectivity index (χ1n) is 5.82. The second-order valence-corrected chi connectivity index (χ2v) is 3.90. The van der Waals surface area contributed by atoms with Crippen molar-refractivity contribution in [2.75, 3.05) is 17.7 Å². The SMILES string of the molecule is CCOc1nc(Nc2cc(F)cc(F)c2F)ccc1N. The average Bonchev–Trinajstić information content (AvgIpc) is 2.39. The molecule has 20 heavy (non-hydrogen) atoms. The number of nitrogens with zero attached hydrogens (tertiary/aromatic N) is 1. The van der Waals surface area contributed by atoms with E-state index in [0.717, 1.165) is 6.07 Å². The third-order valence-electron chi connectivity index (χ3n) is 2.43. The summed E-state index contributed by atoms with van der Waals surface area (Å²) in [4.78, 5) is 3.99. The number of halogens is 3. The number of anilines is 3. The van der Waals surface area contributed by atoms with Crippen LogP contribution in [0.5, 0.6) is 5.88 Å². The molecule has 0 spiro atoms. The number of rotatable bonds is 4. The first-order valence-corrected chi connectivity index (χ1v) is 5.82. The number of pyridine rings is 1. The van der Waals surface area contributed by atoms with Gasteiger partial charge >= 0.3 is 0 Å². The van der Waals surface area contributed by atoms with E-state index in [9.17, 15) is 13.2 Å². The lowest BCUT2D eigenvalue weighted by atomic mass is 10.2. The first kappa shape index (κ1) is 14.0. The van der Waals surface area contributed by atoms with E-state index in [1.54, 1.807) is 6.92 Å². The van der Waals surface area contributed by atoms with E-state index >= 15 is 0 Å². The second-order valence-electron chi connectivity index (χ2n) is 3.90. The molecule has 0 aliphatic carbocycles. The van der Waals surface area contributed by atoms with Crippen molar-refractivity contribution in [1.82, 2.24) is 4.98 Å². The van der Waals surface area contributed by atoms with E-state index in [0.29, 0.717) is 18.4 Å². The summed E-state index contributed by atoms with van der Waals surface area (Å²) in [6.45, 7) is 2.10. The summed E-state index contributed by atoms with van der Waals surface area (Å²) in [7, 11) is 0. The molecule has 0 unspecified atom stereocenters. The molecule has 0 radical (unpaired) electrons. The number of hydrogen-bond acceptors (Lipinski definition) is 4. The Hall–Kier alpha value is -2.44. The predicted molar refractivity (Wildman–Crippen MR) is 69.4 cm³/mol. The van der Waals surface area contributed by atoms with Gasteiger partial charge in [-0.2, -0.15) is 4.98 Å². The van der Waals surface area contributed by atoms with Crippen LogP contribution in [-0.2, 0) is 0 Å². The smallest absolute Gasteiger partial charge is 0.239 e. The fourth-order valence-corrected chi connectivity index (χ4v) is 1.56. The van der Waals surface area contributed by atoms with Gasteiger partial charge in [-0.3, -0.25) is 0 Å². The van der Waals surface area contributed by atoms with Gasteiger partial charge in [-0.05, 0) is 19.1 Å². The van der Waals surface area contributed by atoms with E-state index < -0.39 is 17.5 Å². The lowest BCUT2D eigenvalue weighted by Crippen LogP contribution is -2.03. The molecule has 0 saturated carbocycles. The molecule has 1 aromatic carbocycles. The van der Waals surface area contributed by atoms with Crippen molar-refractivity contribution < 1.29 is 17.9 Å². The fraction of sp³-hybridized carbons (Fsp3) is 0.154. The monoisotopic (exact) mass is 283 g/mol. The maximum atomic E-state index is 13.5. The van der Waals surface area contributed by atoms with Crippen molar-refractivity contribution in [3.63, 3.8) is 0 Å². The molecule has 0 fully saturated rings. The first-order chi connectivity index (χ1) is 9.51. The zero-order chi connectivity index (χ0) is 14.7. The van der Waals surface area contributed by atoms with Gasteiger partial charge in [0.2, 0.25) is 5.88 Å². The highest BCUT2D eigenvalue weighted by atomic mass is 19.2. The lowest BCUT2D eigenvalue weighted by molar-refractivity contribution is 0.329. The fourth-order valence-electron chi connectivity index (χ4n) is 1.56. The van der Waals surface area contributed by atoms with Crippen molar-refractivity contribution >= 4 is 17.2 Å². The summed E-state index contributed by atoms with van der Waals surface area (Å²) in [6.07, 6.45) is 0. The van der Waals surface area contributed by atoms with E-state index in [1.807, 2.05) is 0 Å². The number of nitrogens with one attached hydrogen (secondary N) is 1. The molecule has 0 bridgehead atoms. The van der Waals surface area contributed by atoms with Crippen LogP contribution in [0.2, 0.25) is 0 Å². The van der Waals surface area contributed by atoms with Crippen molar-refractivity contribution in [3.05, 3.63) is 41.7 Å². The summed E-state index contributed by atoms with van der Waals surface area (Å²) in [5.74, 6) is -3.05. The molecule has 4 nitrogen and oxygen atoms in total. The molecule has 1 heterocycles. The highest BCUT2D eigenvalue weighted by Crippen LogP contribution is 2.26. The Bertz CT molecular complexity index is 634. The van der Waals surface area contributed by atoms with Crippen LogP contribution in [0, 0.1) is 17.5 Å². The summed E-state index contributed by atoms with van der Waals surface area (Å²) < 4.78 is 44.8. The van der Waals surface area contributed by atoms with Crippen LogP contribution in [0.4, 0.5) is 30.4 Å². The molecular weight excluding hydrogens is 271 g/mol. The van der Waals surface area contributed by atoms with Crippen molar-refractivity contribution in [1.29, 1.82) is 0 Å². The van der Waals surface area contributed by atoms with Crippen LogP contribution in [0.25, 0.3) is 0 Å². The summed E-state index contributed by atoms with van der Waals surface area (Å²) in [5.41, 5.74) is 5.59. The number of benzene rings is 1. The Labute approximate surface area is 113 Å². The Morgan fingerprint density at radius 3 is 2.70 bits per heavy atom. The molecule has 1 aromatic heterocycles. The van der Waals surface area contributed by atoms with Gasteiger partial charge < -0.3 is 15.8 Å². The van der Waals surface area contributed by atoms with Gasteiger partial charge in [0, 0.05) is 12.1 Å². The van der Waals surface area contributed by atoms with Gasteiger partial charge in [0.1, 0.15) is 11.6 Å². The van der Waals surface area contributed by atoms with Crippen molar-refractivity contribution in [2.45, 2.75) is 6.92 Å². The lowest BCUT2D eigenvalue weighted by Gasteiger charge is -2.10. The van der Waals surface area contributed by atoms with Crippen LogP contribution in [0.1, 0.15) is 6.92 Å². The molecule has 0 aliphatic heterocycles. The zero-order valence-electron chi connectivity index (χ0n) is 10.6. The van der Waals surface area contributed by atoms with Gasteiger partial charge in [-0.25, -0.2) is 13.2 Å². The number of aromatic nitrogens is 1. The Balaban J connectivity index is 2.33. The minimum atomic E-state index is -1.28. The zero-order valence-corrected chi connectivity index (χ0v) is 10.6. The largest absolute Gasteiger partial charge is 0.476 e. The van der Waals surface area contributed by atoms with E-state index in [1.165, 1.54) is 12.1 Å². The average molecular weight is 283 g/mol. The maximum Gasteiger partial charge on any atom is 0.239 e. The van der Waals surface area contributed by atoms with Crippen LogP contribution in [-0.4, -0.2) is 11.6 Å². The summed E-state index contributed by atoms with van der Waals surface area (Å²) >= 11 is 0. The van der Waals surface area contributed by atoms with Gasteiger partial charge in [-0.15, -0.1) is 0 Å². The summed E-state index contributed by atoms with van der Waals surface area (Å²) in [6, 6.07) is 4.23. The van der Waals surface area contributed by atoms with Crippen molar-refractivity contribution in [3.8, 4) is 5.88 Å². The second kappa shape index (κ2) is 5.68. The molecule has 106 valence electrons. The standard InChI is InChI=1S/C13H12F3N3O/c1-2-20-13-9(17)3-4-11(19-13)18-10-6-7(14)5-8(15)12(10)16/h3-6H,2,17H2,1H3,(H,18,19). The highest BCUT2D eigenvalue weighted by molar-refractivity contribution is 5.61. The topological polar surface area (TPSA) is 60.2 Å². The molecule has 2 rings (SSSR count). The molecular formula is C13H12F3N3O. The Kier molecular flexibility index (Phi) is 3.97. The van der Waals surface area contributed by atoms with E-state index in [4.69, 9.17) is 10.5 Å². The number of nitrogens with two attached hydrogens (primary N) is 1. The minimum absolute atomic E-state index is 0.159. The highest BCUT2D eigenvalue weighted by Gasteiger charge is 2.12. The Morgan fingerprint density at radius 2 is 2.00 bits per heavy atom. The number of nitrogen functional groups attached to an aromatic ring is 1. The molecule has 7 heteroatoms. The van der Waals surface area contributed by atoms with E-state index in [-0.39, 0.29) is 17.4 Å². The quantitative estimate of drug-likeness (QED) is 0.846. The third kappa shape index (κ3) is 2.93. The van der Waals surface area contributed by atoms with Gasteiger partial charge in [0.05, 0.1) is 18.0 Å². The normalized spacial score (nSPS) is 10.4. The molecule has 2 aromatic rings. The molecule has 0 amide bonds. The maximum absolute atomic E-state index is 13.5. The molecule has 0 aliphatic rings. The van der Waals surface area contributed by atoms with Crippen LogP contribution >= 0.6 is 0 Å². The van der Waals surface area contributed by atoms with Crippen molar-refractivity contribution in [2.24, 2.45) is 0 Å².